The van der Waals surface area contributed by atoms with Gasteiger partial charge in [-0.05, 0) is 42.0 Å². The van der Waals surface area contributed by atoms with Crippen LogP contribution in [0.25, 0.3) is 0 Å². The molecule has 0 fully saturated rings. The van der Waals surface area contributed by atoms with Gasteiger partial charge in [-0.3, -0.25) is 4.99 Å². The summed E-state index contributed by atoms with van der Waals surface area (Å²) >= 11 is 0. The lowest BCUT2D eigenvalue weighted by Gasteiger charge is -2.25. The highest BCUT2D eigenvalue weighted by Gasteiger charge is 2.19. The molecule has 0 unspecified atom stereocenters. The zero-order chi connectivity index (χ0) is 13.8. The van der Waals surface area contributed by atoms with E-state index in [1.165, 1.54) is 0 Å². The second-order valence-corrected chi connectivity index (χ2v) is 4.58. The number of hydrogen-bond acceptors (Lipinski definition) is 4. The smallest absolute Gasteiger partial charge is 0.161 e. The van der Waals surface area contributed by atoms with Crippen molar-refractivity contribution in [2.24, 2.45) is 4.99 Å². The molecule has 2 aromatic carbocycles. The van der Waals surface area contributed by atoms with Gasteiger partial charge in [0.15, 0.2) is 17.6 Å². The largest absolute Gasteiger partial charge is 0.508 e. The van der Waals surface area contributed by atoms with Gasteiger partial charge in [-0.15, -0.1) is 0 Å². The predicted octanol–water partition coefficient (Wildman–Crippen LogP) is 2.65. The van der Waals surface area contributed by atoms with Gasteiger partial charge in [0.2, 0.25) is 0 Å². The molecule has 1 heterocycles. The van der Waals surface area contributed by atoms with Crippen molar-refractivity contribution in [2.45, 2.75) is 6.10 Å². The Morgan fingerprint density at radius 1 is 1.10 bits per heavy atom. The maximum absolute atomic E-state index is 9.20. The number of phenolic OH excluding ortho intramolecular Hbond substituents is 1. The Kier molecular flexibility index (Phi) is 3.54. The highest BCUT2D eigenvalue weighted by molar-refractivity contribution is 5.79. The minimum Gasteiger partial charge on any atom is -0.508 e. The van der Waals surface area contributed by atoms with Crippen molar-refractivity contribution >= 4 is 6.21 Å². The zero-order valence-corrected chi connectivity index (χ0v) is 10.9. The number of aromatic hydroxyl groups is 1. The van der Waals surface area contributed by atoms with Crippen molar-refractivity contribution in [3.05, 3.63) is 54.1 Å². The van der Waals surface area contributed by atoms with E-state index in [4.69, 9.17) is 9.47 Å². The Labute approximate surface area is 117 Å². The monoisotopic (exact) mass is 269 g/mol. The third-order valence-electron chi connectivity index (χ3n) is 3.01. The molecule has 1 atom stereocenters. The van der Waals surface area contributed by atoms with Gasteiger partial charge in [0.05, 0.1) is 6.54 Å². The Hall–Kier alpha value is -2.49. The number of phenols is 1. The first-order valence-corrected chi connectivity index (χ1v) is 6.48. The number of aliphatic imine (C=N–C) groups is 1. The van der Waals surface area contributed by atoms with Gasteiger partial charge >= 0.3 is 0 Å². The van der Waals surface area contributed by atoms with Gasteiger partial charge in [-0.2, -0.15) is 0 Å². The molecule has 0 radical (unpaired) electrons. The van der Waals surface area contributed by atoms with Crippen molar-refractivity contribution < 1.29 is 14.6 Å². The molecule has 0 saturated carbocycles. The van der Waals surface area contributed by atoms with Crippen LogP contribution in [0.1, 0.15) is 5.56 Å². The number of fused-ring (bicyclic) bond motifs is 1. The van der Waals surface area contributed by atoms with Crippen LogP contribution in [-0.2, 0) is 0 Å². The van der Waals surface area contributed by atoms with E-state index in [1.54, 1.807) is 18.3 Å². The van der Waals surface area contributed by atoms with Crippen molar-refractivity contribution in [1.82, 2.24) is 0 Å². The summed E-state index contributed by atoms with van der Waals surface area (Å²) in [6.07, 6.45) is 1.70. The summed E-state index contributed by atoms with van der Waals surface area (Å²) < 4.78 is 11.4. The van der Waals surface area contributed by atoms with E-state index in [2.05, 4.69) is 4.99 Å². The highest BCUT2D eigenvalue weighted by atomic mass is 16.6. The lowest BCUT2D eigenvalue weighted by atomic mass is 10.2. The van der Waals surface area contributed by atoms with Gasteiger partial charge in [-0.25, -0.2) is 0 Å². The quantitative estimate of drug-likeness (QED) is 0.871. The first kappa shape index (κ1) is 12.5. The lowest BCUT2D eigenvalue weighted by Crippen LogP contribution is -2.31. The minimum absolute atomic E-state index is 0.0711. The molecule has 102 valence electrons. The van der Waals surface area contributed by atoms with E-state index in [9.17, 15) is 5.11 Å². The average Bonchev–Trinajstić information content (AvgIpc) is 2.49. The fourth-order valence-corrected chi connectivity index (χ4v) is 1.99. The van der Waals surface area contributed by atoms with Gasteiger partial charge in [-0.1, -0.05) is 12.1 Å². The molecule has 1 aliphatic heterocycles. The molecule has 3 rings (SSSR count). The molecule has 0 aliphatic carbocycles. The van der Waals surface area contributed by atoms with E-state index in [0.29, 0.717) is 13.2 Å². The number of hydrogen-bond donors (Lipinski definition) is 1. The average molecular weight is 269 g/mol. The van der Waals surface area contributed by atoms with Crippen molar-refractivity contribution in [3.8, 4) is 17.2 Å². The van der Waals surface area contributed by atoms with E-state index in [0.717, 1.165) is 17.1 Å². The maximum atomic E-state index is 9.20. The molecule has 4 nitrogen and oxygen atoms in total. The SMILES string of the molecule is Oc1ccc(C=NC[C@@H]2COc3ccccc3O2)cc1. The van der Waals surface area contributed by atoms with Gasteiger partial charge in [0.1, 0.15) is 12.4 Å². The number of para-hydroxylation sites is 2. The molecule has 1 aliphatic rings. The standard InChI is InChI=1S/C16H15NO3/c18-13-7-5-12(6-8-13)9-17-10-14-11-19-15-3-1-2-4-16(15)20-14/h1-9,14,18H,10-11H2/t14-/m1/s1. The summed E-state index contributed by atoms with van der Waals surface area (Å²) in [5.74, 6) is 1.80. The predicted molar refractivity (Wildman–Crippen MR) is 76.9 cm³/mol. The van der Waals surface area contributed by atoms with Crippen LogP contribution in [-0.4, -0.2) is 30.6 Å². The lowest BCUT2D eigenvalue weighted by molar-refractivity contribution is 0.0973. The van der Waals surface area contributed by atoms with Crippen LogP contribution in [0.5, 0.6) is 17.2 Å². The normalized spacial score (nSPS) is 17.3. The van der Waals surface area contributed by atoms with Gasteiger partial charge in [0, 0.05) is 6.21 Å². The third-order valence-corrected chi connectivity index (χ3v) is 3.01. The second-order valence-electron chi connectivity index (χ2n) is 4.58. The van der Waals surface area contributed by atoms with Crippen LogP contribution in [0.4, 0.5) is 0 Å². The first-order chi connectivity index (χ1) is 9.81. The molecule has 0 amide bonds. The van der Waals surface area contributed by atoms with E-state index < -0.39 is 0 Å². The third kappa shape index (κ3) is 2.91. The zero-order valence-electron chi connectivity index (χ0n) is 10.9. The molecular formula is C16H15NO3. The summed E-state index contributed by atoms with van der Waals surface area (Å²) in [6.45, 7) is 1.04. The Morgan fingerprint density at radius 3 is 2.65 bits per heavy atom. The molecule has 0 spiro atoms. The molecule has 20 heavy (non-hydrogen) atoms. The topological polar surface area (TPSA) is 51.1 Å². The van der Waals surface area contributed by atoms with Crippen LogP contribution in [0.3, 0.4) is 0 Å². The van der Waals surface area contributed by atoms with Crippen molar-refractivity contribution in [1.29, 1.82) is 0 Å². The van der Waals surface area contributed by atoms with Gasteiger partial charge in [0.25, 0.3) is 0 Å². The summed E-state index contributed by atoms with van der Waals surface area (Å²) in [5.41, 5.74) is 0.944. The summed E-state index contributed by atoms with van der Waals surface area (Å²) in [7, 11) is 0. The molecule has 1 N–H and O–H groups in total. The van der Waals surface area contributed by atoms with E-state index in [1.807, 2.05) is 36.4 Å². The summed E-state index contributed by atoms with van der Waals surface area (Å²) in [5, 5.41) is 9.20. The van der Waals surface area contributed by atoms with Crippen molar-refractivity contribution in [2.75, 3.05) is 13.2 Å². The van der Waals surface area contributed by atoms with Crippen LogP contribution in [0, 0.1) is 0 Å². The van der Waals surface area contributed by atoms with Crippen LogP contribution in [0.15, 0.2) is 53.5 Å². The fraction of sp³-hybridized carbons (Fsp3) is 0.188. The Morgan fingerprint density at radius 2 is 1.85 bits per heavy atom. The summed E-state index contributed by atoms with van der Waals surface area (Å²) in [6, 6.07) is 14.5. The summed E-state index contributed by atoms with van der Waals surface area (Å²) in [4.78, 5) is 4.36. The molecule has 2 aromatic rings. The molecule has 0 bridgehead atoms. The number of nitrogens with zero attached hydrogens (tertiary/aromatic N) is 1. The minimum atomic E-state index is -0.0711. The Bertz CT molecular complexity index is 607. The van der Waals surface area contributed by atoms with Crippen LogP contribution >= 0.6 is 0 Å². The second kappa shape index (κ2) is 5.65. The fourth-order valence-electron chi connectivity index (χ4n) is 1.99. The number of ether oxygens (including phenoxy) is 2. The van der Waals surface area contributed by atoms with Crippen molar-refractivity contribution in [3.63, 3.8) is 0 Å². The molecule has 0 saturated heterocycles. The molecular weight excluding hydrogens is 254 g/mol. The van der Waals surface area contributed by atoms with E-state index >= 15 is 0 Å². The number of benzene rings is 2. The maximum Gasteiger partial charge on any atom is 0.161 e. The molecule has 0 aromatic heterocycles. The van der Waals surface area contributed by atoms with E-state index in [-0.39, 0.29) is 11.9 Å². The van der Waals surface area contributed by atoms with Crippen LogP contribution in [0.2, 0.25) is 0 Å². The number of rotatable bonds is 3. The highest BCUT2D eigenvalue weighted by Crippen LogP contribution is 2.30. The van der Waals surface area contributed by atoms with Crippen LogP contribution < -0.4 is 9.47 Å². The Balaban J connectivity index is 1.59. The van der Waals surface area contributed by atoms with Gasteiger partial charge < -0.3 is 14.6 Å². The first-order valence-electron chi connectivity index (χ1n) is 6.48. The molecule has 4 heteroatoms.